The number of fused-ring (bicyclic) bond motifs is 1. The van der Waals surface area contributed by atoms with E-state index < -0.39 is 6.04 Å². The van der Waals surface area contributed by atoms with E-state index in [1.165, 1.54) is 12.1 Å². The van der Waals surface area contributed by atoms with Crippen molar-refractivity contribution in [2.75, 3.05) is 6.54 Å². The maximum absolute atomic E-state index is 13.3. The van der Waals surface area contributed by atoms with Crippen LogP contribution in [-0.4, -0.2) is 33.4 Å². The normalized spacial score (nSPS) is 18.5. The molecule has 4 rings (SSSR count). The van der Waals surface area contributed by atoms with Gasteiger partial charge in [0.15, 0.2) is 0 Å². The maximum atomic E-state index is 13.3. The van der Waals surface area contributed by atoms with Crippen molar-refractivity contribution in [3.05, 3.63) is 58.9 Å². The molecule has 1 amide bonds. The Kier molecular flexibility index (Phi) is 4.21. The predicted molar refractivity (Wildman–Crippen MR) is 91.2 cm³/mol. The van der Waals surface area contributed by atoms with Gasteiger partial charge in [-0.3, -0.25) is 9.69 Å². The molecule has 1 fully saturated rings. The summed E-state index contributed by atoms with van der Waals surface area (Å²) in [7, 11) is 0. The van der Waals surface area contributed by atoms with Gasteiger partial charge < -0.3 is 5.32 Å². The molecule has 0 spiro atoms. The third kappa shape index (κ3) is 3.54. The first-order chi connectivity index (χ1) is 12.1. The summed E-state index contributed by atoms with van der Waals surface area (Å²) in [4.78, 5) is 23.8. The molecule has 1 saturated carbocycles. The molecule has 2 heterocycles. The molecular formula is C19H21FN4O. The van der Waals surface area contributed by atoms with E-state index in [0.29, 0.717) is 6.54 Å². The Morgan fingerprint density at radius 2 is 2.08 bits per heavy atom. The van der Waals surface area contributed by atoms with Gasteiger partial charge in [0.2, 0.25) is 5.91 Å². The van der Waals surface area contributed by atoms with Crippen molar-refractivity contribution >= 4 is 5.91 Å². The average molecular weight is 340 g/mol. The monoisotopic (exact) mass is 340 g/mol. The van der Waals surface area contributed by atoms with Gasteiger partial charge in [-0.15, -0.1) is 0 Å². The Labute approximate surface area is 146 Å². The van der Waals surface area contributed by atoms with Gasteiger partial charge in [-0.25, -0.2) is 14.4 Å². The number of nitrogens with one attached hydrogen (secondary N) is 1. The van der Waals surface area contributed by atoms with E-state index in [9.17, 15) is 9.18 Å². The number of carbonyl (C=O) groups is 1. The van der Waals surface area contributed by atoms with Gasteiger partial charge >= 0.3 is 0 Å². The van der Waals surface area contributed by atoms with E-state index in [-0.39, 0.29) is 17.8 Å². The van der Waals surface area contributed by atoms with Gasteiger partial charge in [-0.1, -0.05) is 12.1 Å². The number of aryl methyl sites for hydroxylation is 1. The quantitative estimate of drug-likeness (QED) is 0.928. The third-order valence-corrected chi connectivity index (χ3v) is 4.82. The van der Waals surface area contributed by atoms with Crippen LogP contribution in [0.15, 0.2) is 30.5 Å². The summed E-state index contributed by atoms with van der Waals surface area (Å²) in [5, 5.41) is 3.09. The molecule has 6 heteroatoms. The number of aromatic nitrogens is 2. The van der Waals surface area contributed by atoms with Gasteiger partial charge in [-0.05, 0) is 49.4 Å². The number of nitrogens with zero attached hydrogens (tertiary/aromatic N) is 3. The van der Waals surface area contributed by atoms with Crippen LogP contribution in [0.2, 0.25) is 0 Å². The second-order valence-corrected chi connectivity index (χ2v) is 6.85. The lowest BCUT2D eigenvalue weighted by Gasteiger charge is -2.34. The van der Waals surface area contributed by atoms with Gasteiger partial charge in [0.25, 0.3) is 0 Å². The second-order valence-electron chi connectivity index (χ2n) is 6.85. The molecule has 1 aromatic carbocycles. The van der Waals surface area contributed by atoms with Gasteiger partial charge in [0, 0.05) is 25.3 Å². The number of hydrogen-bond donors (Lipinski definition) is 1. The molecule has 130 valence electrons. The summed E-state index contributed by atoms with van der Waals surface area (Å²) in [6.07, 6.45) is 4.77. The van der Waals surface area contributed by atoms with Gasteiger partial charge in [-0.2, -0.15) is 0 Å². The summed E-state index contributed by atoms with van der Waals surface area (Å²) in [6, 6.07) is 6.09. The van der Waals surface area contributed by atoms with Crippen LogP contribution in [0.3, 0.4) is 0 Å². The maximum Gasteiger partial charge on any atom is 0.242 e. The first-order valence-electron chi connectivity index (χ1n) is 8.71. The Balaban J connectivity index is 1.63. The van der Waals surface area contributed by atoms with Crippen LogP contribution < -0.4 is 5.32 Å². The van der Waals surface area contributed by atoms with E-state index in [4.69, 9.17) is 0 Å². The molecule has 0 bridgehead atoms. The molecule has 5 nitrogen and oxygen atoms in total. The van der Waals surface area contributed by atoms with Crippen LogP contribution in [0.4, 0.5) is 4.39 Å². The van der Waals surface area contributed by atoms with E-state index in [1.807, 2.05) is 13.1 Å². The molecular weight excluding hydrogens is 319 g/mol. The summed E-state index contributed by atoms with van der Waals surface area (Å²) in [6.45, 7) is 3.22. The molecule has 1 aliphatic carbocycles. The summed E-state index contributed by atoms with van der Waals surface area (Å²) >= 11 is 0. The number of halogens is 1. The minimum atomic E-state index is -0.426. The van der Waals surface area contributed by atoms with Crippen LogP contribution in [-0.2, 0) is 17.8 Å². The zero-order valence-electron chi connectivity index (χ0n) is 14.2. The molecule has 1 N–H and O–H groups in total. The van der Waals surface area contributed by atoms with Crippen molar-refractivity contribution in [3.8, 4) is 0 Å². The van der Waals surface area contributed by atoms with Crippen molar-refractivity contribution in [2.24, 2.45) is 0 Å². The molecule has 25 heavy (non-hydrogen) atoms. The SMILES string of the molecule is Cc1ncc2c(n1)CN([C@H](C(=O)NC1CC1)c1ccc(F)cc1)CC2. The van der Waals surface area contributed by atoms with Crippen molar-refractivity contribution < 1.29 is 9.18 Å². The number of benzene rings is 1. The summed E-state index contributed by atoms with van der Waals surface area (Å²) < 4.78 is 13.3. The highest BCUT2D eigenvalue weighted by molar-refractivity contribution is 5.83. The number of rotatable bonds is 4. The van der Waals surface area contributed by atoms with Crippen molar-refractivity contribution in [1.29, 1.82) is 0 Å². The van der Waals surface area contributed by atoms with Crippen molar-refractivity contribution in [3.63, 3.8) is 0 Å². The van der Waals surface area contributed by atoms with E-state index in [0.717, 1.165) is 48.5 Å². The zero-order valence-corrected chi connectivity index (χ0v) is 14.2. The Bertz CT molecular complexity index is 789. The highest BCUT2D eigenvalue weighted by Gasteiger charge is 2.34. The second kappa shape index (κ2) is 6.52. The van der Waals surface area contributed by atoms with Crippen LogP contribution in [0, 0.1) is 12.7 Å². The molecule has 0 unspecified atom stereocenters. The first-order valence-corrected chi connectivity index (χ1v) is 8.71. The highest BCUT2D eigenvalue weighted by atomic mass is 19.1. The Hall–Kier alpha value is -2.34. The standard InChI is InChI=1S/C19H21FN4O/c1-12-21-10-14-8-9-24(11-17(14)22-12)18(19(25)23-16-6-7-16)13-2-4-15(20)5-3-13/h2-5,10,16,18H,6-9,11H2,1H3,(H,23,25)/t18-/m0/s1. The van der Waals surface area contributed by atoms with E-state index in [2.05, 4.69) is 20.2 Å². The summed E-state index contributed by atoms with van der Waals surface area (Å²) in [5.41, 5.74) is 2.93. The first kappa shape index (κ1) is 16.1. The fourth-order valence-corrected chi connectivity index (χ4v) is 3.32. The molecule has 2 aliphatic rings. The average Bonchev–Trinajstić information content (AvgIpc) is 3.40. The lowest BCUT2D eigenvalue weighted by atomic mass is 9.99. The topological polar surface area (TPSA) is 58.1 Å². The lowest BCUT2D eigenvalue weighted by molar-refractivity contribution is -0.127. The van der Waals surface area contributed by atoms with Gasteiger partial charge in [0.1, 0.15) is 17.7 Å². The van der Waals surface area contributed by atoms with Crippen LogP contribution in [0.5, 0.6) is 0 Å². The molecule has 2 aromatic rings. The lowest BCUT2D eigenvalue weighted by Crippen LogP contribution is -2.43. The molecule has 0 saturated heterocycles. The zero-order chi connectivity index (χ0) is 17.4. The molecule has 1 atom stereocenters. The fraction of sp³-hybridized carbons (Fsp3) is 0.421. The minimum absolute atomic E-state index is 0.0108. The smallest absolute Gasteiger partial charge is 0.242 e. The molecule has 0 radical (unpaired) electrons. The molecule has 1 aliphatic heterocycles. The predicted octanol–water partition coefficient (Wildman–Crippen LogP) is 2.30. The number of hydrogen-bond acceptors (Lipinski definition) is 4. The fourth-order valence-electron chi connectivity index (χ4n) is 3.32. The van der Waals surface area contributed by atoms with Crippen molar-refractivity contribution in [2.45, 2.75) is 44.8 Å². The summed E-state index contributed by atoms with van der Waals surface area (Å²) in [5.74, 6) is 0.433. The van der Waals surface area contributed by atoms with E-state index in [1.54, 1.807) is 12.1 Å². The Morgan fingerprint density at radius 3 is 2.80 bits per heavy atom. The molecule has 1 aromatic heterocycles. The number of carbonyl (C=O) groups excluding carboxylic acids is 1. The minimum Gasteiger partial charge on any atom is -0.352 e. The highest BCUT2D eigenvalue weighted by Crippen LogP contribution is 2.29. The van der Waals surface area contributed by atoms with Crippen LogP contribution >= 0.6 is 0 Å². The van der Waals surface area contributed by atoms with Crippen LogP contribution in [0.25, 0.3) is 0 Å². The Morgan fingerprint density at radius 1 is 1.32 bits per heavy atom. The third-order valence-electron chi connectivity index (χ3n) is 4.82. The van der Waals surface area contributed by atoms with Gasteiger partial charge in [0.05, 0.1) is 5.69 Å². The largest absolute Gasteiger partial charge is 0.352 e. The number of amides is 1. The van der Waals surface area contributed by atoms with Crippen LogP contribution in [0.1, 0.15) is 41.5 Å². The van der Waals surface area contributed by atoms with Crippen molar-refractivity contribution in [1.82, 2.24) is 20.2 Å². The van der Waals surface area contributed by atoms with E-state index >= 15 is 0 Å².